The number of rotatable bonds is 8. The lowest BCUT2D eigenvalue weighted by atomic mass is 10.1. The first-order valence-corrected chi connectivity index (χ1v) is 8.22. The summed E-state index contributed by atoms with van der Waals surface area (Å²) in [4.78, 5) is 12.1. The van der Waals surface area contributed by atoms with Gasteiger partial charge in [0.2, 0.25) is 0 Å². The van der Waals surface area contributed by atoms with Crippen LogP contribution in [0.25, 0.3) is 0 Å². The van der Waals surface area contributed by atoms with Crippen LogP contribution < -0.4 is 10.1 Å². The third-order valence-electron chi connectivity index (χ3n) is 3.12. The number of carbonyl (C=O) groups is 1. The summed E-state index contributed by atoms with van der Waals surface area (Å²) in [5.74, 6) is -0.849. The lowest BCUT2D eigenvalue weighted by Gasteiger charge is -2.17. The molecule has 0 spiro atoms. The number of benzene rings is 1. The predicted molar refractivity (Wildman–Crippen MR) is 85.6 cm³/mol. The molecule has 0 saturated carbocycles. The molecule has 25 heavy (non-hydrogen) atoms. The van der Waals surface area contributed by atoms with Crippen molar-refractivity contribution in [2.24, 2.45) is 0 Å². The third-order valence-corrected chi connectivity index (χ3v) is 3.82. The number of amides is 1. The molecule has 5 nitrogen and oxygen atoms in total. The van der Waals surface area contributed by atoms with Gasteiger partial charge in [0.05, 0.1) is 13.2 Å². The summed E-state index contributed by atoms with van der Waals surface area (Å²) in [5.41, 5.74) is 1.06. The normalized spacial score (nSPS) is 12.6. The highest BCUT2D eigenvalue weighted by Crippen LogP contribution is 2.23. The first-order valence-electron chi connectivity index (χ1n) is 7.27. The zero-order valence-corrected chi connectivity index (χ0v) is 13.8. The fourth-order valence-electron chi connectivity index (χ4n) is 2.02. The van der Waals surface area contributed by atoms with Crippen LogP contribution in [0.2, 0.25) is 0 Å². The number of nitrogens with one attached hydrogen (secondary N) is 1. The standard InChI is InChI=1S/C16H16F3NO4S/c17-16(18,19)24-13-3-1-11(2-4-13)15(22)20-9-14(23-7-6-21)12-5-8-25-10-12/h1-5,8,10,14,21H,6-7,9H2,(H,20,22)/t14-/m0/s1. The first-order chi connectivity index (χ1) is 11.9. The Kier molecular flexibility index (Phi) is 6.80. The molecule has 0 bridgehead atoms. The van der Waals surface area contributed by atoms with E-state index in [1.165, 1.54) is 23.5 Å². The molecule has 1 amide bonds. The Hall–Kier alpha value is -2.10. The van der Waals surface area contributed by atoms with E-state index in [-0.39, 0.29) is 25.3 Å². The van der Waals surface area contributed by atoms with E-state index in [1.807, 2.05) is 16.8 Å². The van der Waals surface area contributed by atoms with Gasteiger partial charge in [0.25, 0.3) is 5.91 Å². The van der Waals surface area contributed by atoms with Crippen molar-refractivity contribution in [1.82, 2.24) is 5.32 Å². The monoisotopic (exact) mass is 375 g/mol. The molecular weight excluding hydrogens is 359 g/mol. The van der Waals surface area contributed by atoms with Gasteiger partial charge in [-0.25, -0.2) is 0 Å². The van der Waals surface area contributed by atoms with E-state index in [2.05, 4.69) is 10.1 Å². The van der Waals surface area contributed by atoms with Crippen LogP contribution in [-0.4, -0.2) is 37.1 Å². The van der Waals surface area contributed by atoms with E-state index in [4.69, 9.17) is 9.84 Å². The van der Waals surface area contributed by atoms with Crippen molar-refractivity contribution < 1.29 is 32.5 Å². The summed E-state index contributed by atoms with van der Waals surface area (Å²) in [6.07, 6.45) is -5.20. The molecule has 2 N–H and O–H groups in total. The maximum Gasteiger partial charge on any atom is 0.573 e. The number of hydrogen-bond donors (Lipinski definition) is 2. The molecule has 0 aliphatic rings. The average molecular weight is 375 g/mol. The minimum Gasteiger partial charge on any atom is -0.406 e. The topological polar surface area (TPSA) is 67.8 Å². The highest BCUT2D eigenvalue weighted by molar-refractivity contribution is 7.07. The molecule has 0 aliphatic heterocycles. The van der Waals surface area contributed by atoms with E-state index in [1.54, 1.807) is 0 Å². The number of carbonyl (C=O) groups excluding carboxylic acids is 1. The SMILES string of the molecule is O=C(NC[C@H](OCCO)c1ccsc1)c1ccc(OC(F)(F)F)cc1. The van der Waals surface area contributed by atoms with E-state index in [0.29, 0.717) is 0 Å². The van der Waals surface area contributed by atoms with Crippen LogP contribution in [0.15, 0.2) is 41.1 Å². The number of aliphatic hydroxyl groups is 1. The molecule has 2 rings (SSSR count). The van der Waals surface area contributed by atoms with Crippen LogP contribution in [0, 0.1) is 0 Å². The Morgan fingerprint density at radius 2 is 1.96 bits per heavy atom. The zero-order valence-electron chi connectivity index (χ0n) is 13.0. The highest BCUT2D eigenvalue weighted by Gasteiger charge is 2.31. The van der Waals surface area contributed by atoms with Gasteiger partial charge >= 0.3 is 6.36 Å². The van der Waals surface area contributed by atoms with Gasteiger partial charge in [-0.3, -0.25) is 4.79 Å². The lowest BCUT2D eigenvalue weighted by Crippen LogP contribution is -2.29. The second-order valence-corrected chi connectivity index (χ2v) is 5.70. The van der Waals surface area contributed by atoms with Crippen LogP contribution >= 0.6 is 11.3 Å². The lowest BCUT2D eigenvalue weighted by molar-refractivity contribution is -0.274. The second kappa shape index (κ2) is 8.84. The van der Waals surface area contributed by atoms with E-state index < -0.39 is 24.1 Å². The summed E-state index contributed by atoms with van der Waals surface area (Å²) in [6, 6.07) is 6.47. The molecule has 1 aromatic carbocycles. The quantitative estimate of drug-likeness (QED) is 0.744. The van der Waals surface area contributed by atoms with Gasteiger partial charge < -0.3 is 19.9 Å². The summed E-state index contributed by atoms with van der Waals surface area (Å²) in [7, 11) is 0. The van der Waals surface area contributed by atoms with Crippen molar-refractivity contribution >= 4 is 17.2 Å². The minimum absolute atomic E-state index is 0.125. The number of ether oxygens (including phenoxy) is 2. The van der Waals surface area contributed by atoms with Gasteiger partial charge in [-0.1, -0.05) is 0 Å². The molecule has 0 aliphatic carbocycles. The van der Waals surface area contributed by atoms with Gasteiger partial charge in [-0.15, -0.1) is 13.2 Å². The Morgan fingerprint density at radius 3 is 2.52 bits per heavy atom. The van der Waals surface area contributed by atoms with Crippen molar-refractivity contribution in [3.63, 3.8) is 0 Å². The summed E-state index contributed by atoms with van der Waals surface area (Å²) < 4.78 is 45.6. The third kappa shape index (κ3) is 6.37. The van der Waals surface area contributed by atoms with Gasteiger partial charge in [0, 0.05) is 12.1 Å². The molecule has 0 unspecified atom stereocenters. The Bertz CT molecular complexity index is 659. The number of thiophene rings is 1. The minimum atomic E-state index is -4.78. The smallest absolute Gasteiger partial charge is 0.406 e. The van der Waals surface area contributed by atoms with E-state index in [9.17, 15) is 18.0 Å². The van der Waals surface area contributed by atoms with Gasteiger partial charge in [0.1, 0.15) is 11.9 Å². The van der Waals surface area contributed by atoms with E-state index >= 15 is 0 Å². The maximum atomic E-state index is 12.1. The number of alkyl halides is 3. The molecule has 9 heteroatoms. The molecule has 1 aromatic heterocycles. The van der Waals surface area contributed by atoms with Crippen LogP contribution in [0.1, 0.15) is 22.0 Å². The van der Waals surface area contributed by atoms with E-state index in [0.717, 1.165) is 17.7 Å². The summed E-state index contributed by atoms with van der Waals surface area (Å²) >= 11 is 1.48. The number of hydrogen-bond acceptors (Lipinski definition) is 5. The molecule has 1 heterocycles. The number of aliphatic hydroxyl groups excluding tert-OH is 1. The Morgan fingerprint density at radius 1 is 1.24 bits per heavy atom. The molecular formula is C16H16F3NO4S. The predicted octanol–water partition coefficient (Wildman–Crippen LogP) is 3.13. The van der Waals surface area contributed by atoms with Crippen LogP contribution in [0.5, 0.6) is 5.75 Å². The number of halogens is 3. The second-order valence-electron chi connectivity index (χ2n) is 4.92. The van der Waals surface area contributed by atoms with Crippen LogP contribution in [0.4, 0.5) is 13.2 Å². The van der Waals surface area contributed by atoms with Crippen LogP contribution in [-0.2, 0) is 4.74 Å². The molecule has 2 aromatic rings. The molecule has 0 radical (unpaired) electrons. The zero-order chi connectivity index (χ0) is 18.3. The summed E-state index contributed by atoms with van der Waals surface area (Å²) in [6.45, 7) is 0.144. The average Bonchev–Trinajstić information content (AvgIpc) is 3.08. The largest absolute Gasteiger partial charge is 0.573 e. The molecule has 1 atom stereocenters. The van der Waals surface area contributed by atoms with Crippen molar-refractivity contribution in [3.05, 3.63) is 52.2 Å². The van der Waals surface area contributed by atoms with Crippen molar-refractivity contribution in [2.45, 2.75) is 12.5 Å². The fraction of sp³-hybridized carbons (Fsp3) is 0.312. The van der Waals surface area contributed by atoms with Crippen molar-refractivity contribution in [2.75, 3.05) is 19.8 Å². The Labute approximate surface area is 146 Å². The molecule has 136 valence electrons. The molecule has 0 fully saturated rings. The fourth-order valence-corrected chi connectivity index (χ4v) is 2.72. The Balaban J connectivity index is 1.93. The van der Waals surface area contributed by atoms with Crippen LogP contribution in [0.3, 0.4) is 0 Å². The first kappa shape index (κ1) is 19.2. The van der Waals surface area contributed by atoms with Crippen molar-refractivity contribution in [3.8, 4) is 5.75 Å². The van der Waals surface area contributed by atoms with Gasteiger partial charge in [0.15, 0.2) is 0 Å². The molecule has 0 saturated heterocycles. The van der Waals surface area contributed by atoms with Gasteiger partial charge in [-0.2, -0.15) is 11.3 Å². The maximum absolute atomic E-state index is 12.1. The summed E-state index contributed by atoms with van der Waals surface area (Å²) in [5, 5.41) is 15.3. The highest BCUT2D eigenvalue weighted by atomic mass is 32.1. The van der Waals surface area contributed by atoms with Crippen molar-refractivity contribution in [1.29, 1.82) is 0 Å². The van der Waals surface area contributed by atoms with Gasteiger partial charge in [-0.05, 0) is 46.7 Å².